The Morgan fingerprint density at radius 3 is 1.44 bits per heavy atom. The van der Waals surface area contributed by atoms with Crippen LogP contribution in [0.25, 0.3) is 0 Å². The second-order valence-corrected chi connectivity index (χ2v) is 5.94. The van der Waals surface area contributed by atoms with Gasteiger partial charge in [-0.1, -0.05) is 0 Å². The van der Waals surface area contributed by atoms with Crippen LogP contribution in [0.2, 0.25) is 0 Å². The highest BCUT2D eigenvalue weighted by Crippen LogP contribution is 2.19. The van der Waals surface area contributed by atoms with Crippen molar-refractivity contribution in [2.75, 3.05) is 0 Å². The van der Waals surface area contributed by atoms with Gasteiger partial charge in [0.25, 0.3) is 0 Å². The zero-order chi connectivity index (χ0) is 21.6. The number of carboxylic acid groups (broad SMARTS) is 4. The van der Waals surface area contributed by atoms with Crippen molar-refractivity contribution >= 4 is 35.4 Å². The third-order valence-corrected chi connectivity index (χ3v) is 3.91. The molecule has 13 nitrogen and oxygen atoms in total. The SMILES string of the molecule is NC(CC(=O)C(N)(CCC(=O)O)C(=O)O)C(=O)C(N)(CCC(=O)O)C(=O)O. The van der Waals surface area contributed by atoms with E-state index >= 15 is 0 Å². The Kier molecular flexibility index (Phi) is 8.17. The standard InChI is InChI=1S/C14H21N3O10/c15-6(10(23)14(17,12(26)27)4-2-9(21)22)5-7(18)13(16,11(24)25)3-1-8(19)20/h6H,1-5,15-17H2,(H,19,20)(H,21,22)(H,24,25)(H,26,27). The van der Waals surface area contributed by atoms with Gasteiger partial charge in [-0.05, 0) is 12.8 Å². The molecule has 0 rings (SSSR count). The molecule has 0 aliphatic heterocycles. The monoisotopic (exact) mass is 391 g/mol. The van der Waals surface area contributed by atoms with Crippen molar-refractivity contribution in [3.63, 3.8) is 0 Å². The molecule has 0 saturated carbocycles. The molecule has 0 amide bonds. The molecular formula is C14H21N3O10. The molecule has 0 heterocycles. The van der Waals surface area contributed by atoms with Crippen molar-refractivity contribution in [3.05, 3.63) is 0 Å². The Labute approximate surface area is 152 Å². The highest BCUT2D eigenvalue weighted by Gasteiger charge is 2.48. The maximum absolute atomic E-state index is 12.3. The molecule has 0 spiro atoms. The molecule has 0 aromatic rings. The van der Waals surface area contributed by atoms with Gasteiger partial charge in [-0.25, -0.2) is 9.59 Å². The van der Waals surface area contributed by atoms with E-state index in [4.69, 9.17) is 37.6 Å². The minimum atomic E-state index is -2.71. The number of carboxylic acids is 4. The maximum Gasteiger partial charge on any atom is 0.331 e. The molecule has 0 aliphatic carbocycles. The lowest BCUT2D eigenvalue weighted by atomic mass is 9.81. The van der Waals surface area contributed by atoms with Gasteiger partial charge in [-0.15, -0.1) is 0 Å². The highest BCUT2D eigenvalue weighted by atomic mass is 16.4. The fourth-order valence-corrected chi connectivity index (χ4v) is 2.11. The quantitative estimate of drug-likeness (QED) is 0.156. The summed E-state index contributed by atoms with van der Waals surface area (Å²) < 4.78 is 0. The van der Waals surface area contributed by atoms with Gasteiger partial charge in [-0.2, -0.15) is 0 Å². The lowest BCUT2D eigenvalue weighted by molar-refractivity contribution is -0.153. The normalized spacial score (nSPS) is 16.4. The summed E-state index contributed by atoms with van der Waals surface area (Å²) in [5.74, 6) is -9.27. The number of aliphatic carboxylic acids is 4. The minimum absolute atomic E-state index is 0.758. The van der Waals surface area contributed by atoms with E-state index in [9.17, 15) is 28.8 Å². The van der Waals surface area contributed by atoms with Gasteiger partial charge in [0.15, 0.2) is 22.6 Å². The number of carbonyl (C=O) groups excluding carboxylic acids is 2. The Bertz CT molecular complexity index is 664. The van der Waals surface area contributed by atoms with Crippen molar-refractivity contribution in [2.45, 2.75) is 49.2 Å². The van der Waals surface area contributed by atoms with E-state index in [-0.39, 0.29) is 0 Å². The fraction of sp³-hybridized carbons (Fsp3) is 0.571. The Hall–Kier alpha value is -2.90. The molecule has 152 valence electrons. The number of hydrogen-bond donors (Lipinski definition) is 7. The van der Waals surface area contributed by atoms with Crippen molar-refractivity contribution in [2.24, 2.45) is 17.2 Å². The summed E-state index contributed by atoms with van der Waals surface area (Å²) in [6.07, 6.45) is -4.16. The third kappa shape index (κ3) is 6.09. The fourth-order valence-electron chi connectivity index (χ4n) is 2.11. The zero-order valence-corrected chi connectivity index (χ0v) is 14.1. The second kappa shape index (κ2) is 9.16. The lowest BCUT2D eigenvalue weighted by Gasteiger charge is -2.28. The molecule has 0 radical (unpaired) electrons. The number of rotatable bonds is 13. The minimum Gasteiger partial charge on any atom is -0.481 e. The smallest absolute Gasteiger partial charge is 0.331 e. The number of Topliss-reactive ketones (excluding diaryl/α,β-unsaturated/α-hetero) is 2. The van der Waals surface area contributed by atoms with Crippen LogP contribution in [-0.2, 0) is 28.8 Å². The van der Waals surface area contributed by atoms with Crippen LogP contribution in [0.4, 0.5) is 0 Å². The van der Waals surface area contributed by atoms with Crippen LogP contribution in [0.1, 0.15) is 32.1 Å². The van der Waals surface area contributed by atoms with Crippen molar-refractivity contribution in [3.8, 4) is 0 Å². The Morgan fingerprint density at radius 1 is 0.741 bits per heavy atom. The number of ketones is 2. The number of nitrogens with two attached hydrogens (primary N) is 3. The summed E-state index contributed by atoms with van der Waals surface area (Å²) in [4.78, 5) is 68.2. The first kappa shape index (κ1) is 24.1. The summed E-state index contributed by atoms with van der Waals surface area (Å²) in [5, 5.41) is 35.5. The van der Waals surface area contributed by atoms with E-state index in [1.54, 1.807) is 0 Å². The average molecular weight is 391 g/mol. The molecule has 0 saturated heterocycles. The van der Waals surface area contributed by atoms with E-state index in [1.165, 1.54) is 0 Å². The van der Waals surface area contributed by atoms with Gasteiger partial charge in [-0.3, -0.25) is 19.2 Å². The van der Waals surface area contributed by atoms with Crippen LogP contribution >= 0.6 is 0 Å². The van der Waals surface area contributed by atoms with Crippen LogP contribution in [0.15, 0.2) is 0 Å². The largest absolute Gasteiger partial charge is 0.481 e. The van der Waals surface area contributed by atoms with Gasteiger partial charge in [0.1, 0.15) is 0 Å². The van der Waals surface area contributed by atoms with Crippen LogP contribution in [0.3, 0.4) is 0 Å². The molecule has 3 atom stereocenters. The van der Waals surface area contributed by atoms with E-state index in [1.807, 2.05) is 0 Å². The summed E-state index contributed by atoms with van der Waals surface area (Å²) in [6, 6.07) is -1.89. The Morgan fingerprint density at radius 2 is 1.11 bits per heavy atom. The van der Waals surface area contributed by atoms with Crippen LogP contribution in [0.5, 0.6) is 0 Å². The number of carbonyl (C=O) groups is 6. The second-order valence-electron chi connectivity index (χ2n) is 5.94. The van der Waals surface area contributed by atoms with Crippen LogP contribution in [0, 0.1) is 0 Å². The predicted molar refractivity (Wildman–Crippen MR) is 85.5 cm³/mol. The topological polar surface area (TPSA) is 261 Å². The van der Waals surface area contributed by atoms with Crippen LogP contribution in [-0.4, -0.2) is 73.0 Å². The molecule has 10 N–H and O–H groups in total. The third-order valence-electron chi connectivity index (χ3n) is 3.91. The first-order chi connectivity index (χ1) is 12.2. The molecule has 13 heteroatoms. The van der Waals surface area contributed by atoms with Gasteiger partial charge < -0.3 is 37.6 Å². The maximum atomic E-state index is 12.3. The first-order valence-electron chi connectivity index (χ1n) is 7.49. The summed E-state index contributed by atoms with van der Waals surface area (Å²) in [7, 11) is 0. The van der Waals surface area contributed by atoms with Crippen molar-refractivity contribution < 1.29 is 49.2 Å². The molecule has 3 unspecified atom stereocenters. The Balaban J connectivity index is 5.43. The first-order valence-corrected chi connectivity index (χ1v) is 7.49. The molecular weight excluding hydrogens is 370 g/mol. The molecule has 27 heavy (non-hydrogen) atoms. The van der Waals surface area contributed by atoms with Gasteiger partial charge in [0, 0.05) is 19.3 Å². The van der Waals surface area contributed by atoms with Gasteiger partial charge in [0.2, 0.25) is 0 Å². The van der Waals surface area contributed by atoms with Crippen LogP contribution < -0.4 is 17.2 Å². The van der Waals surface area contributed by atoms with E-state index in [0.717, 1.165) is 0 Å². The molecule has 0 aliphatic rings. The zero-order valence-electron chi connectivity index (χ0n) is 14.1. The van der Waals surface area contributed by atoms with E-state index < -0.39 is 84.7 Å². The summed E-state index contributed by atoms with van der Waals surface area (Å²) in [6.45, 7) is 0. The lowest BCUT2D eigenvalue weighted by Crippen LogP contribution is -2.62. The van der Waals surface area contributed by atoms with E-state index in [0.29, 0.717) is 0 Å². The predicted octanol–water partition coefficient (Wildman–Crippen LogP) is -2.86. The van der Waals surface area contributed by atoms with Gasteiger partial charge >= 0.3 is 23.9 Å². The molecule has 0 aromatic carbocycles. The van der Waals surface area contributed by atoms with E-state index in [2.05, 4.69) is 0 Å². The van der Waals surface area contributed by atoms with Crippen molar-refractivity contribution in [1.82, 2.24) is 0 Å². The molecule has 0 bridgehead atoms. The number of hydrogen-bond acceptors (Lipinski definition) is 9. The summed E-state index contributed by atoms with van der Waals surface area (Å²) >= 11 is 0. The van der Waals surface area contributed by atoms with Crippen molar-refractivity contribution in [1.29, 1.82) is 0 Å². The molecule has 0 fully saturated rings. The highest BCUT2D eigenvalue weighted by molar-refractivity contribution is 6.13. The average Bonchev–Trinajstić information content (AvgIpc) is 2.55. The summed E-state index contributed by atoms with van der Waals surface area (Å²) in [5.41, 5.74) is 11.0. The van der Waals surface area contributed by atoms with Gasteiger partial charge in [0.05, 0.1) is 6.04 Å². The molecule has 0 aromatic heterocycles.